The Balaban J connectivity index is 1.87. The molecule has 3 amide bonds. The van der Waals surface area contributed by atoms with Gasteiger partial charge in [0.2, 0.25) is 17.7 Å². The number of hydrogen-bond acceptors (Lipinski definition) is 6. The topological polar surface area (TPSA) is 195 Å². The van der Waals surface area contributed by atoms with Gasteiger partial charge in [-0.1, -0.05) is 38.5 Å². The number of benzene rings is 1. The van der Waals surface area contributed by atoms with E-state index in [0.29, 0.717) is 12.8 Å². The molecule has 1 saturated heterocycles. The average Bonchev–Trinajstić information content (AvgIpc) is 3.57. The van der Waals surface area contributed by atoms with E-state index in [1.807, 2.05) is 38.1 Å². The third kappa shape index (κ3) is 7.34. The van der Waals surface area contributed by atoms with E-state index in [1.165, 1.54) is 4.90 Å². The number of aromatic nitrogens is 1. The van der Waals surface area contributed by atoms with Crippen LogP contribution in [0.25, 0.3) is 10.9 Å². The zero-order valence-corrected chi connectivity index (χ0v) is 22.2. The second kappa shape index (κ2) is 13.2. The third-order valence-corrected chi connectivity index (χ3v) is 7.37. The van der Waals surface area contributed by atoms with Crippen molar-refractivity contribution in [1.82, 2.24) is 20.5 Å². The molecule has 1 aliphatic heterocycles. The van der Waals surface area contributed by atoms with Crippen LogP contribution in [0.1, 0.15) is 51.5 Å². The highest BCUT2D eigenvalue weighted by Gasteiger charge is 2.38. The predicted molar refractivity (Wildman–Crippen MR) is 143 cm³/mol. The van der Waals surface area contributed by atoms with Crippen molar-refractivity contribution >= 4 is 40.6 Å². The smallest absolute Gasteiger partial charge is 0.326 e. The van der Waals surface area contributed by atoms with Crippen LogP contribution >= 0.6 is 0 Å². The molecule has 0 saturated carbocycles. The first-order valence-electron chi connectivity index (χ1n) is 13.2. The second-order valence-electron chi connectivity index (χ2n) is 10.1. The van der Waals surface area contributed by atoms with Crippen LogP contribution in [-0.4, -0.2) is 80.5 Å². The number of carboxylic acid groups (broad SMARTS) is 2. The lowest BCUT2D eigenvalue weighted by Gasteiger charge is -2.29. The Bertz CT molecular complexity index is 1210. The molecule has 12 nitrogen and oxygen atoms in total. The van der Waals surface area contributed by atoms with Gasteiger partial charge < -0.3 is 36.5 Å². The van der Waals surface area contributed by atoms with E-state index in [1.54, 1.807) is 6.20 Å². The van der Waals surface area contributed by atoms with Crippen LogP contribution in [-0.2, 0) is 30.4 Å². The fourth-order valence-electron chi connectivity index (χ4n) is 4.79. The van der Waals surface area contributed by atoms with Gasteiger partial charge >= 0.3 is 11.9 Å². The monoisotopic (exact) mass is 543 g/mol. The number of nitrogens with one attached hydrogen (secondary N) is 3. The number of likely N-dealkylation sites (tertiary alicyclic amines) is 1. The number of amides is 3. The summed E-state index contributed by atoms with van der Waals surface area (Å²) in [4.78, 5) is 67.1. The SMILES string of the molecule is CCC(C)C(N)C(=O)NC(Cc1c[nH]c2ccccc12)C(=O)NC(CCC(=O)O)C(=O)N1CCCC1C(=O)O. The zero-order chi connectivity index (χ0) is 28.7. The molecule has 212 valence electrons. The summed E-state index contributed by atoms with van der Waals surface area (Å²) in [6.07, 6.45) is 2.57. The summed E-state index contributed by atoms with van der Waals surface area (Å²) in [5, 5.41) is 24.9. The molecule has 0 spiro atoms. The number of fused-ring (bicyclic) bond motifs is 1. The van der Waals surface area contributed by atoms with Crippen molar-refractivity contribution in [1.29, 1.82) is 0 Å². The van der Waals surface area contributed by atoms with E-state index in [2.05, 4.69) is 15.6 Å². The zero-order valence-electron chi connectivity index (χ0n) is 22.2. The fraction of sp³-hybridized carbons (Fsp3) is 0.519. The van der Waals surface area contributed by atoms with Crippen LogP contribution in [0.3, 0.4) is 0 Å². The van der Waals surface area contributed by atoms with Gasteiger partial charge in [0.1, 0.15) is 18.1 Å². The minimum absolute atomic E-state index is 0.0795. The molecule has 0 aliphatic carbocycles. The molecule has 2 heterocycles. The van der Waals surface area contributed by atoms with Gasteiger partial charge in [0.15, 0.2) is 0 Å². The molecule has 5 unspecified atom stereocenters. The Morgan fingerprint density at radius 2 is 1.79 bits per heavy atom. The number of carbonyl (C=O) groups is 5. The molecule has 0 radical (unpaired) electrons. The number of nitrogens with zero attached hydrogens (tertiary/aromatic N) is 1. The minimum Gasteiger partial charge on any atom is -0.481 e. The Kier molecular flexibility index (Phi) is 10.0. The maximum atomic E-state index is 13.6. The molecule has 39 heavy (non-hydrogen) atoms. The van der Waals surface area contributed by atoms with E-state index in [-0.39, 0.29) is 31.7 Å². The van der Waals surface area contributed by atoms with Crippen LogP contribution in [0.4, 0.5) is 0 Å². The quantitative estimate of drug-likeness (QED) is 0.215. The van der Waals surface area contributed by atoms with Crippen LogP contribution in [0.5, 0.6) is 0 Å². The standard InChI is InChI=1S/C27H37N5O7/c1-3-15(2)23(28)25(36)31-20(13-16-14-29-18-8-5-4-7-17(16)18)24(35)30-19(10-11-22(33)34)26(37)32-12-6-9-21(32)27(38)39/h4-5,7-8,14-15,19-21,23,29H,3,6,9-13,28H2,1-2H3,(H,30,35)(H,31,36)(H,33,34)(H,38,39). The number of hydrogen-bond donors (Lipinski definition) is 6. The van der Waals surface area contributed by atoms with Gasteiger partial charge in [-0.2, -0.15) is 0 Å². The first-order valence-corrected chi connectivity index (χ1v) is 13.2. The van der Waals surface area contributed by atoms with Gasteiger partial charge in [0.05, 0.1) is 6.04 Å². The molecule has 1 aliphatic rings. The number of H-pyrrole nitrogens is 1. The molecule has 5 atom stereocenters. The van der Waals surface area contributed by atoms with Gasteiger partial charge in [-0.15, -0.1) is 0 Å². The van der Waals surface area contributed by atoms with Gasteiger partial charge in [-0.05, 0) is 36.8 Å². The first kappa shape index (κ1) is 29.6. The number of aliphatic carboxylic acids is 2. The Morgan fingerprint density at radius 3 is 2.46 bits per heavy atom. The summed E-state index contributed by atoms with van der Waals surface area (Å²) >= 11 is 0. The van der Waals surface area contributed by atoms with E-state index < -0.39 is 60.2 Å². The van der Waals surface area contributed by atoms with Crippen molar-refractivity contribution in [2.45, 2.75) is 76.5 Å². The fourth-order valence-corrected chi connectivity index (χ4v) is 4.79. The molecule has 12 heteroatoms. The lowest BCUT2D eigenvalue weighted by Crippen LogP contribution is -2.58. The van der Waals surface area contributed by atoms with Crippen LogP contribution in [0.15, 0.2) is 30.5 Å². The summed E-state index contributed by atoms with van der Waals surface area (Å²) in [5.41, 5.74) is 7.71. The van der Waals surface area contributed by atoms with Crippen molar-refractivity contribution in [2.75, 3.05) is 6.54 Å². The summed E-state index contributed by atoms with van der Waals surface area (Å²) in [5.74, 6) is -4.35. The van der Waals surface area contributed by atoms with Crippen LogP contribution in [0.2, 0.25) is 0 Å². The Hall–Kier alpha value is -3.93. The molecule has 7 N–H and O–H groups in total. The summed E-state index contributed by atoms with van der Waals surface area (Å²) in [6, 6.07) is 3.15. The number of nitrogens with two attached hydrogens (primary N) is 1. The maximum Gasteiger partial charge on any atom is 0.326 e. The molecular weight excluding hydrogens is 506 g/mol. The second-order valence-corrected chi connectivity index (χ2v) is 10.1. The van der Waals surface area contributed by atoms with Gasteiger partial charge in [-0.3, -0.25) is 19.2 Å². The van der Waals surface area contributed by atoms with Gasteiger partial charge in [-0.25, -0.2) is 4.79 Å². The highest BCUT2D eigenvalue weighted by atomic mass is 16.4. The molecule has 1 aromatic heterocycles. The van der Waals surface area contributed by atoms with E-state index >= 15 is 0 Å². The van der Waals surface area contributed by atoms with E-state index in [0.717, 1.165) is 16.5 Å². The lowest BCUT2D eigenvalue weighted by atomic mass is 9.98. The predicted octanol–water partition coefficient (Wildman–Crippen LogP) is 0.994. The number of aromatic amines is 1. The number of carboxylic acids is 2. The maximum absolute atomic E-state index is 13.6. The first-order chi connectivity index (χ1) is 18.5. The molecule has 2 aromatic rings. The van der Waals surface area contributed by atoms with Crippen molar-refractivity contribution in [2.24, 2.45) is 11.7 Å². The molecule has 3 rings (SSSR count). The third-order valence-electron chi connectivity index (χ3n) is 7.37. The lowest BCUT2D eigenvalue weighted by molar-refractivity contribution is -0.150. The number of rotatable bonds is 13. The highest BCUT2D eigenvalue weighted by Crippen LogP contribution is 2.21. The van der Waals surface area contributed by atoms with Gasteiger partial charge in [0.25, 0.3) is 0 Å². The van der Waals surface area contributed by atoms with Crippen LogP contribution in [0, 0.1) is 5.92 Å². The number of para-hydroxylation sites is 1. The molecule has 1 aromatic carbocycles. The van der Waals surface area contributed by atoms with Crippen molar-refractivity contribution in [3.63, 3.8) is 0 Å². The van der Waals surface area contributed by atoms with E-state index in [9.17, 15) is 34.2 Å². The van der Waals surface area contributed by atoms with Crippen molar-refractivity contribution < 1.29 is 34.2 Å². The molecular formula is C27H37N5O7. The summed E-state index contributed by atoms with van der Waals surface area (Å²) < 4.78 is 0. The molecule has 0 bridgehead atoms. The van der Waals surface area contributed by atoms with Crippen molar-refractivity contribution in [3.05, 3.63) is 36.0 Å². The largest absolute Gasteiger partial charge is 0.481 e. The number of carbonyl (C=O) groups excluding carboxylic acids is 3. The summed E-state index contributed by atoms with van der Waals surface area (Å²) in [6.45, 7) is 3.92. The van der Waals surface area contributed by atoms with Crippen LogP contribution < -0.4 is 16.4 Å². The molecule has 1 fully saturated rings. The van der Waals surface area contributed by atoms with Gasteiger partial charge in [0, 0.05) is 36.5 Å². The average molecular weight is 544 g/mol. The van der Waals surface area contributed by atoms with E-state index in [4.69, 9.17) is 5.73 Å². The van der Waals surface area contributed by atoms with Crippen molar-refractivity contribution in [3.8, 4) is 0 Å². The Labute approximate surface area is 226 Å². The summed E-state index contributed by atoms with van der Waals surface area (Å²) in [7, 11) is 0. The Morgan fingerprint density at radius 1 is 1.10 bits per heavy atom. The normalized spacial score (nSPS) is 18.2. The minimum atomic E-state index is -1.28. The highest BCUT2D eigenvalue weighted by molar-refractivity contribution is 5.95.